The zero-order valence-corrected chi connectivity index (χ0v) is 25.6. The molecule has 2 amide bonds. The molecule has 0 unspecified atom stereocenters. The van der Waals surface area contributed by atoms with Gasteiger partial charge in [-0.05, 0) is 67.4 Å². The number of piperidine rings is 1. The third-order valence-electron chi connectivity index (χ3n) is 7.60. The number of hydrogen-bond donors (Lipinski definition) is 1. The number of halogens is 4. The Hall–Kier alpha value is -5.92. The number of rotatable bonds is 6. The standard InChI is InChI=1S/C23H23F2N5O.C11H6F2N2O2/c1-29(20-7-10-30(11-8-20)22-4-2-3-9-26-22)23(31)28-19-5-6-21(27-15-19)16-12-17(24)14-18(25)13-16;12-8-3-7(4-9(13)5-8)11-2-1-10(6-14-11)15(16)17/h2-6,9,12-15,20H,7-8,10-11H2,1H3,(H,28,31);1-6H. The van der Waals surface area contributed by atoms with Crippen molar-refractivity contribution in [3.05, 3.63) is 131 Å². The number of carbonyl (C=O) groups excluding carboxylic acids is 1. The van der Waals surface area contributed by atoms with Crippen LogP contribution in [0.3, 0.4) is 0 Å². The van der Waals surface area contributed by atoms with Gasteiger partial charge in [-0.15, -0.1) is 0 Å². The minimum absolute atomic E-state index is 0.127. The number of amides is 2. The van der Waals surface area contributed by atoms with Crippen LogP contribution < -0.4 is 10.2 Å². The molecule has 2 aromatic carbocycles. The van der Waals surface area contributed by atoms with E-state index in [-0.39, 0.29) is 29.0 Å². The Balaban J connectivity index is 0.000000224. The molecule has 0 atom stereocenters. The lowest BCUT2D eigenvalue weighted by Gasteiger charge is -2.37. The molecule has 1 saturated heterocycles. The van der Waals surface area contributed by atoms with Crippen molar-refractivity contribution in [2.45, 2.75) is 18.9 Å². The normalized spacial score (nSPS) is 12.9. The van der Waals surface area contributed by atoms with Crippen molar-refractivity contribution in [3.63, 3.8) is 0 Å². The Morgan fingerprint density at radius 1 is 0.812 bits per heavy atom. The number of urea groups is 1. The number of carbonyl (C=O) groups is 1. The summed E-state index contributed by atoms with van der Waals surface area (Å²) < 4.78 is 52.7. The van der Waals surface area contributed by atoms with Crippen molar-refractivity contribution < 1.29 is 27.3 Å². The van der Waals surface area contributed by atoms with E-state index in [9.17, 15) is 32.5 Å². The molecule has 48 heavy (non-hydrogen) atoms. The van der Waals surface area contributed by atoms with Crippen LogP contribution in [0.4, 0.5) is 39.5 Å². The van der Waals surface area contributed by atoms with Gasteiger partial charge in [0, 0.05) is 61.7 Å². The predicted octanol–water partition coefficient (Wildman–Crippen LogP) is 7.49. The number of benzene rings is 2. The number of hydrogen-bond acceptors (Lipinski definition) is 7. The Morgan fingerprint density at radius 2 is 1.38 bits per heavy atom. The van der Waals surface area contributed by atoms with Crippen molar-refractivity contribution in [1.29, 1.82) is 0 Å². The zero-order valence-electron chi connectivity index (χ0n) is 25.6. The van der Waals surface area contributed by atoms with Crippen LogP contribution in [-0.4, -0.2) is 57.0 Å². The van der Waals surface area contributed by atoms with Gasteiger partial charge in [-0.1, -0.05) is 6.07 Å². The summed E-state index contributed by atoms with van der Waals surface area (Å²) in [4.78, 5) is 38.8. The maximum absolute atomic E-state index is 13.4. The van der Waals surface area contributed by atoms with Crippen molar-refractivity contribution in [2.24, 2.45) is 0 Å². The van der Waals surface area contributed by atoms with Crippen molar-refractivity contribution >= 4 is 23.2 Å². The summed E-state index contributed by atoms with van der Waals surface area (Å²) in [5, 5.41) is 13.2. The lowest BCUT2D eigenvalue weighted by atomic mass is 10.0. The third kappa shape index (κ3) is 8.66. The van der Waals surface area contributed by atoms with E-state index in [1.165, 1.54) is 30.5 Å². The highest BCUT2D eigenvalue weighted by Gasteiger charge is 2.26. The first kappa shape index (κ1) is 33.4. The summed E-state index contributed by atoms with van der Waals surface area (Å²) in [5.74, 6) is -1.81. The Labute approximate surface area is 272 Å². The second kappa shape index (κ2) is 15.1. The molecule has 1 N–H and O–H groups in total. The van der Waals surface area contributed by atoms with E-state index >= 15 is 0 Å². The maximum Gasteiger partial charge on any atom is 0.321 e. The zero-order chi connectivity index (χ0) is 34.2. The topological polar surface area (TPSA) is 117 Å². The minimum Gasteiger partial charge on any atom is -0.356 e. The molecule has 10 nitrogen and oxygen atoms in total. The number of aromatic nitrogens is 3. The van der Waals surface area contributed by atoms with Gasteiger partial charge in [-0.3, -0.25) is 15.1 Å². The quantitative estimate of drug-likeness (QED) is 0.114. The molecule has 0 saturated carbocycles. The number of anilines is 2. The molecule has 0 spiro atoms. The fourth-order valence-corrected chi connectivity index (χ4v) is 5.11. The summed E-state index contributed by atoms with van der Waals surface area (Å²) >= 11 is 0. The summed E-state index contributed by atoms with van der Waals surface area (Å²) in [5.41, 5.74) is 1.61. The molecule has 3 aromatic heterocycles. The SMILES string of the molecule is CN(C(=O)Nc1ccc(-c2cc(F)cc(F)c2)nc1)C1CCN(c2ccccn2)CC1.O=[N+]([O-])c1ccc(-c2cc(F)cc(F)c2)nc1. The highest BCUT2D eigenvalue weighted by molar-refractivity contribution is 5.89. The minimum atomic E-state index is -0.722. The van der Waals surface area contributed by atoms with E-state index < -0.39 is 28.2 Å². The Kier molecular flexibility index (Phi) is 10.5. The van der Waals surface area contributed by atoms with Gasteiger partial charge in [0.2, 0.25) is 0 Å². The molecular weight excluding hydrogens is 630 g/mol. The number of nitrogens with one attached hydrogen (secondary N) is 1. The van der Waals surface area contributed by atoms with Crippen LogP contribution in [0.15, 0.2) is 97.5 Å². The van der Waals surface area contributed by atoms with Crippen molar-refractivity contribution in [2.75, 3.05) is 30.4 Å². The van der Waals surface area contributed by atoms with Gasteiger partial charge in [0.25, 0.3) is 5.69 Å². The molecule has 14 heteroatoms. The summed E-state index contributed by atoms with van der Waals surface area (Å²) in [6.45, 7) is 1.67. The lowest BCUT2D eigenvalue weighted by molar-refractivity contribution is -0.385. The first-order valence-electron chi connectivity index (χ1n) is 14.7. The molecule has 6 rings (SSSR count). The highest BCUT2D eigenvalue weighted by Crippen LogP contribution is 2.24. The second-order valence-electron chi connectivity index (χ2n) is 10.9. The van der Waals surface area contributed by atoms with Crippen LogP contribution in [0.1, 0.15) is 12.8 Å². The molecule has 5 aromatic rings. The van der Waals surface area contributed by atoms with Gasteiger partial charge in [-0.25, -0.2) is 32.3 Å². The average Bonchev–Trinajstić information content (AvgIpc) is 3.08. The van der Waals surface area contributed by atoms with Gasteiger partial charge in [-0.2, -0.15) is 0 Å². The highest BCUT2D eigenvalue weighted by atomic mass is 19.1. The van der Waals surface area contributed by atoms with Crippen LogP contribution in [-0.2, 0) is 0 Å². The molecular formula is C34H29F4N7O3. The molecule has 4 heterocycles. The van der Waals surface area contributed by atoms with Gasteiger partial charge in [0.1, 0.15) is 35.3 Å². The van der Waals surface area contributed by atoms with Gasteiger partial charge >= 0.3 is 6.03 Å². The Bertz CT molecular complexity index is 1830. The van der Waals surface area contributed by atoms with E-state index in [2.05, 4.69) is 25.2 Å². The van der Waals surface area contributed by atoms with E-state index in [4.69, 9.17) is 0 Å². The van der Waals surface area contributed by atoms with Crippen LogP contribution >= 0.6 is 0 Å². The van der Waals surface area contributed by atoms with Crippen LogP contribution in [0, 0.1) is 33.4 Å². The van der Waals surface area contributed by atoms with Gasteiger partial charge < -0.3 is 15.1 Å². The average molecular weight is 660 g/mol. The summed E-state index contributed by atoms with van der Waals surface area (Å²) in [7, 11) is 1.79. The van der Waals surface area contributed by atoms with Gasteiger partial charge in [0.05, 0.1) is 28.2 Å². The molecule has 1 aliphatic rings. The largest absolute Gasteiger partial charge is 0.356 e. The molecule has 0 bridgehead atoms. The van der Waals surface area contributed by atoms with Gasteiger partial charge in [0.15, 0.2) is 0 Å². The lowest BCUT2D eigenvalue weighted by Crippen LogP contribution is -2.47. The van der Waals surface area contributed by atoms with E-state index in [0.717, 1.165) is 62.2 Å². The molecule has 0 radical (unpaired) electrons. The first-order valence-corrected chi connectivity index (χ1v) is 14.7. The molecule has 1 fully saturated rings. The molecule has 0 aliphatic carbocycles. The fraction of sp³-hybridized carbons (Fsp3) is 0.176. The van der Waals surface area contributed by atoms with E-state index in [0.29, 0.717) is 16.9 Å². The Morgan fingerprint density at radius 3 is 1.83 bits per heavy atom. The van der Waals surface area contributed by atoms with Crippen LogP contribution in [0.2, 0.25) is 0 Å². The van der Waals surface area contributed by atoms with E-state index in [1.807, 2.05) is 18.2 Å². The van der Waals surface area contributed by atoms with Crippen molar-refractivity contribution in [3.8, 4) is 22.5 Å². The number of pyridine rings is 3. The monoisotopic (exact) mass is 659 g/mol. The number of nitrogens with zero attached hydrogens (tertiary/aromatic N) is 6. The van der Waals surface area contributed by atoms with E-state index in [1.54, 1.807) is 30.3 Å². The fourth-order valence-electron chi connectivity index (χ4n) is 5.11. The smallest absolute Gasteiger partial charge is 0.321 e. The maximum atomic E-state index is 13.4. The van der Waals surface area contributed by atoms with Crippen LogP contribution in [0.25, 0.3) is 22.5 Å². The summed E-state index contributed by atoms with van der Waals surface area (Å²) in [6, 6.07) is 17.8. The first-order chi connectivity index (χ1) is 23.0. The number of nitro groups is 1. The summed E-state index contributed by atoms with van der Waals surface area (Å²) in [6.07, 6.45) is 6.00. The van der Waals surface area contributed by atoms with Crippen molar-refractivity contribution in [1.82, 2.24) is 19.9 Å². The second-order valence-corrected chi connectivity index (χ2v) is 10.9. The third-order valence-corrected chi connectivity index (χ3v) is 7.60. The predicted molar refractivity (Wildman–Crippen MR) is 172 cm³/mol. The molecule has 1 aliphatic heterocycles. The molecule has 246 valence electrons. The van der Waals surface area contributed by atoms with Crippen LogP contribution in [0.5, 0.6) is 0 Å².